The van der Waals surface area contributed by atoms with Crippen molar-refractivity contribution in [2.45, 2.75) is 56.4 Å². The van der Waals surface area contributed by atoms with Crippen molar-refractivity contribution in [1.82, 2.24) is 14.8 Å². The maximum absolute atomic E-state index is 13.1. The zero-order chi connectivity index (χ0) is 19.1. The second-order valence-corrected chi connectivity index (χ2v) is 8.74. The lowest BCUT2D eigenvalue weighted by Crippen LogP contribution is -2.57. The predicted molar refractivity (Wildman–Crippen MR) is 89.8 cm³/mol. The van der Waals surface area contributed by atoms with Crippen LogP contribution in [0.25, 0.3) is 0 Å². The number of amides is 1. The molecule has 1 aliphatic carbocycles. The maximum Gasteiger partial charge on any atom is 0.308 e. The number of hydrogen-bond donors (Lipinski definition) is 2. The van der Waals surface area contributed by atoms with Gasteiger partial charge in [0.2, 0.25) is 15.9 Å². The molecule has 1 saturated carbocycles. The molecule has 1 aromatic heterocycles. The first-order valence-electron chi connectivity index (χ1n) is 8.65. The summed E-state index contributed by atoms with van der Waals surface area (Å²) in [6.45, 7) is 3.48. The van der Waals surface area contributed by atoms with Gasteiger partial charge in [0.05, 0.1) is 5.92 Å². The summed E-state index contributed by atoms with van der Waals surface area (Å²) in [5, 5.41) is 12.8. The number of hydrogen-bond acceptors (Lipinski definition) is 6. The molecule has 1 unspecified atom stereocenters. The van der Waals surface area contributed by atoms with Crippen molar-refractivity contribution in [2.75, 3.05) is 13.1 Å². The van der Waals surface area contributed by atoms with Gasteiger partial charge in [-0.05, 0) is 33.1 Å². The summed E-state index contributed by atoms with van der Waals surface area (Å²) in [5.74, 6) is -1.70. The quantitative estimate of drug-likeness (QED) is 0.767. The van der Waals surface area contributed by atoms with Gasteiger partial charge < -0.3 is 14.5 Å². The van der Waals surface area contributed by atoms with Crippen molar-refractivity contribution in [3.63, 3.8) is 0 Å². The lowest BCUT2D eigenvalue weighted by atomic mass is 9.97. The van der Waals surface area contributed by atoms with Crippen molar-refractivity contribution in [3.05, 3.63) is 11.5 Å². The van der Waals surface area contributed by atoms with Gasteiger partial charge >= 0.3 is 5.97 Å². The van der Waals surface area contributed by atoms with Gasteiger partial charge in [0, 0.05) is 13.1 Å². The van der Waals surface area contributed by atoms with E-state index >= 15 is 0 Å². The summed E-state index contributed by atoms with van der Waals surface area (Å²) in [7, 11) is -3.99. The molecule has 10 heteroatoms. The number of carboxylic acids is 1. The summed E-state index contributed by atoms with van der Waals surface area (Å²) in [5.41, 5.74) is -0.995. The van der Waals surface area contributed by atoms with Gasteiger partial charge in [-0.25, -0.2) is 8.42 Å². The van der Waals surface area contributed by atoms with Crippen LogP contribution in [-0.2, 0) is 19.6 Å². The Kier molecular flexibility index (Phi) is 4.82. The number of sulfonamides is 1. The molecule has 2 fully saturated rings. The molecule has 1 atom stereocenters. The van der Waals surface area contributed by atoms with Crippen LogP contribution in [0.1, 0.15) is 43.6 Å². The fraction of sp³-hybridized carbons (Fsp3) is 0.688. The van der Waals surface area contributed by atoms with Gasteiger partial charge in [-0.3, -0.25) is 9.59 Å². The van der Waals surface area contributed by atoms with E-state index in [0.29, 0.717) is 25.8 Å². The predicted octanol–water partition coefficient (Wildman–Crippen LogP) is 0.816. The summed E-state index contributed by atoms with van der Waals surface area (Å²) in [6, 6.07) is 0. The van der Waals surface area contributed by atoms with Crippen molar-refractivity contribution < 1.29 is 27.6 Å². The smallest absolute Gasteiger partial charge is 0.308 e. The van der Waals surface area contributed by atoms with E-state index in [9.17, 15) is 18.0 Å². The minimum Gasteiger partial charge on any atom is -0.481 e. The second-order valence-electron chi connectivity index (χ2n) is 7.12. The molecule has 2 heterocycles. The highest BCUT2D eigenvalue weighted by atomic mass is 32.2. The highest BCUT2D eigenvalue weighted by molar-refractivity contribution is 7.89. The number of carbonyl (C=O) groups excluding carboxylic acids is 1. The summed E-state index contributed by atoms with van der Waals surface area (Å²) < 4.78 is 33.4. The highest BCUT2D eigenvalue weighted by Gasteiger charge is 2.49. The van der Waals surface area contributed by atoms with Crippen LogP contribution in [0.15, 0.2) is 9.42 Å². The third kappa shape index (κ3) is 3.23. The van der Waals surface area contributed by atoms with Crippen LogP contribution >= 0.6 is 0 Å². The number of aromatic nitrogens is 1. The minimum atomic E-state index is -3.99. The molecule has 0 radical (unpaired) electrons. The number of aryl methyl sites for hydroxylation is 2. The zero-order valence-corrected chi connectivity index (χ0v) is 15.6. The van der Waals surface area contributed by atoms with Crippen molar-refractivity contribution in [1.29, 1.82) is 0 Å². The van der Waals surface area contributed by atoms with Crippen LogP contribution < -0.4 is 4.72 Å². The molecule has 2 aliphatic rings. The van der Waals surface area contributed by atoms with Gasteiger partial charge in [-0.15, -0.1) is 0 Å². The summed E-state index contributed by atoms with van der Waals surface area (Å²) in [6.07, 6.45) is 2.62. The van der Waals surface area contributed by atoms with E-state index in [4.69, 9.17) is 9.63 Å². The van der Waals surface area contributed by atoms with Gasteiger partial charge in [-0.1, -0.05) is 18.0 Å². The molecular weight excluding hydrogens is 362 g/mol. The van der Waals surface area contributed by atoms with Crippen molar-refractivity contribution in [3.8, 4) is 0 Å². The lowest BCUT2D eigenvalue weighted by molar-refractivity contribution is -0.142. The Morgan fingerprint density at radius 2 is 1.96 bits per heavy atom. The molecule has 1 aliphatic heterocycles. The fourth-order valence-corrected chi connectivity index (χ4v) is 5.70. The van der Waals surface area contributed by atoms with Gasteiger partial charge in [-0.2, -0.15) is 4.72 Å². The van der Waals surface area contributed by atoms with E-state index in [2.05, 4.69) is 9.88 Å². The second kappa shape index (κ2) is 6.66. The van der Waals surface area contributed by atoms with Gasteiger partial charge in [0.15, 0.2) is 5.76 Å². The number of nitrogens with one attached hydrogen (secondary N) is 1. The number of carboxylic acid groups (broad SMARTS) is 1. The zero-order valence-electron chi connectivity index (χ0n) is 14.8. The van der Waals surface area contributed by atoms with Crippen LogP contribution in [0.5, 0.6) is 0 Å². The van der Waals surface area contributed by atoms with E-state index in [1.54, 1.807) is 0 Å². The molecule has 144 valence electrons. The first-order chi connectivity index (χ1) is 12.2. The third-order valence-corrected chi connectivity index (χ3v) is 7.04. The fourth-order valence-electron chi connectivity index (χ4n) is 3.95. The number of likely N-dealkylation sites (tertiary alicyclic amines) is 1. The molecule has 1 amide bonds. The molecule has 2 N–H and O–H groups in total. The summed E-state index contributed by atoms with van der Waals surface area (Å²) >= 11 is 0. The molecule has 1 saturated heterocycles. The monoisotopic (exact) mass is 385 g/mol. The highest BCUT2D eigenvalue weighted by Crippen LogP contribution is 2.35. The molecule has 0 spiro atoms. The van der Waals surface area contributed by atoms with E-state index in [1.165, 1.54) is 18.7 Å². The SMILES string of the molecule is Cc1noc(C)c1S(=O)(=O)NC1(C(=O)N2CCC(C(=O)O)C2)CCCC1. The summed E-state index contributed by atoms with van der Waals surface area (Å²) in [4.78, 5) is 25.7. The maximum atomic E-state index is 13.1. The Morgan fingerprint density at radius 1 is 1.31 bits per heavy atom. The van der Waals surface area contributed by atoms with Crippen molar-refractivity contribution in [2.24, 2.45) is 5.92 Å². The normalized spacial score (nSPS) is 22.7. The van der Waals surface area contributed by atoms with Gasteiger partial charge in [0.25, 0.3) is 0 Å². The average Bonchev–Trinajstić information content (AvgIpc) is 3.27. The van der Waals surface area contributed by atoms with Crippen LogP contribution in [0.2, 0.25) is 0 Å². The Labute approximate surface area is 151 Å². The third-order valence-electron chi connectivity index (χ3n) is 5.26. The van der Waals surface area contributed by atoms with Crippen LogP contribution in [-0.4, -0.2) is 54.1 Å². The number of rotatable bonds is 5. The van der Waals surface area contributed by atoms with E-state index in [1.807, 2.05) is 0 Å². The number of nitrogens with zero attached hydrogens (tertiary/aromatic N) is 2. The Bertz CT molecular complexity index is 806. The Hall–Kier alpha value is -1.94. The van der Waals surface area contributed by atoms with Crippen LogP contribution in [0.3, 0.4) is 0 Å². The Balaban J connectivity index is 1.87. The topological polar surface area (TPSA) is 130 Å². The van der Waals surface area contributed by atoms with Crippen LogP contribution in [0, 0.1) is 19.8 Å². The van der Waals surface area contributed by atoms with Crippen LogP contribution in [0.4, 0.5) is 0 Å². The first-order valence-corrected chi connectivity index (χ1v) is 10.1. The molecule has 0 bridgehead atoms. The molecule has 9 nitrogen and oxygen atoms in total. The lowest BCUT2D eigenvalue weighted by Gasteiger charge is -2.32. The largest absolute Gasteiger partial charge is 0.481 e. The van der Waals surface area contributed by atoms with E-state index in [-0.39, 0.29) is 28.8 Å². The number of aliphatic carboxylic acids is 1. The minimum absolute atomic E-state index is 0.0404. The number of carbonyl (C=O) groups is 2. The Morgan fingerprint density at radius 3 is 2.46 bits per heavy atom. The molecule has 1 aromatic rings. The molecular formula is C16H23N3O6S. The molecule has 3 rings (SSSR count). The van der Waals surface area contributed by atoms with E-state index < -0.39 is 27.4 Å². The standard InChI is InChI=1S/C16H23N3O6S/c1-10-13(11(2)25-17-10)26(23,24)18-16(6-3-4-7-16)15(22)19-8-5-12(9-19)14(20)21/h12,18H,3-9H2,1-2H3,(H,20,21). The molecule has 0 aromatic carbocycles. The first kappa shape index (κ1) is 18.8. The average molecular weight is 385 g/mol. The van der Waals surface area contributed by atoms with Gasteiger partial charge in [0.1, 0.15) is 16.1 Å². The van der Waals surface area contributed by atoms with Crippen molar-refractivity contribution >= 4 is 21.9 Å². The molecule has 26 heavy (non-hydrogen) atoms. The van der Waals surface area contributed by atoms with E-state index in [0.717, 1.165) is 12.8 Å².